The van der Waals surface area contributed by atoms with Crippen LogP contribution in [0.1, 0.15) is 11.1 Å². The van der Waals surface area contributed by atoms with Gasteiger partial charge in [-0.25, -0.2) is 4.98 Å². The number of nitrogens with one attached hydrogen (secondary N) is 1. The number of thiazole rings is 1. The van der Waals surface area contributed by atoms with Crippen molar-refractivity contribution in [3.63, 3.8) is 0 Å². The van der Waals surface area contributed by atoms with Crippen LogP contribution in [0.5, 0.6) is 5.75 Å². The second-order valence-electron chi connectivity index (χ2n) is 5.36. The van der Waals surface area contributed by atoms with E-state index in [-0.39, 0.29) is 10.6 Å². The summed E-state index contributed by atoms with van der Waals surface area (Å²) in [7, 11) is 1.14. The second-order valence-corrected chi connectivity index (χ2v) is 6.62. The van der Waals surface area contributed by atoms with Crippen molar-refractivity contribution >= 4 is 34.3 Å². The fourth-order valence-electron chi connectivity index (χ4n) is 2.34. The van der Waals surface area contributed by atoms with Gasteiger partial charge in [-0.3, -0.25) is 5.43 Å². The summed E-state index contributed by atoms with van der Waals surface area (Å²) in [6.07, 6.45) is -3.35. The third-order valence-electron chi connectivity index (χ3n) is 3.52. The second kappa shape index (κ2) is 7.98. The molecule has 0 aliphatic heterocycles. The lowest BCUT2D eigenvalue weighted by Gasteiger charge is -2.14. The molecule has 0 bridgehead atoms. The molecule has 9 heteroatoms. The highest BCUT2D eigenvalue weighted by Gasteiger charge is 2.35. The lowest BCUT2D eigenvalue weighted by Crippen LogP contribution is -2.09. The third-order valence-corrected chi connectivity index (χ3v) is 4.55. The van der Waals surface area contributed by atoms with E-state index in [0.717, 1.165) is 24.4 Å². The Morgan fingerprint density at radius 2 is 1.96 bits per heavy atom. The Morgan fingerprint density at radius 3 is 2.63 bits per heavy atom. The number of hydrogen-bond donors (Lipinski definition) is 1. The Morgan fingerprint density at radius 1 is 1.22 bits per heavy atom. The van der Waals surface area contributed by atoms with Gasteiger partial charge in [0.15, 0.2) is 0 Å². The van der Waals surface area contributed by atoms with Gasteiger partial charge in [-0.1, -0.05) is 41.9 Å². The van der Waals surface area contributed by atoms with Crippen LogP contribution in [0, 0.1) is 0 Å². The summed E-state index contributed by atoms with van der Waals surface area (Å²) in [5.41, 5.74) is 3.68. The predicted octanol–water partition coefficient (Wildman–Crippen LogP) is 5.94. The van der Waals surface area contributed by atoms with Crippen LogP contribution in [0.3, 0.4) is 0 Å². The zero-order valence-corrected chi connectivity index (χ0v) is 15.5. The lowest BCUT2D eigenvalue weighted by atomic mass is 10.1. The van der Waals surface area contributed by atoms with Gasteiger partial charge in [0.05, 0.1) is 29.6 Å². The first-order valence-electron chi connectivity index (χ1n) is 7.63. The standard InChI is InChI=1S/C18H13ClF3N3OS/c1-26-16-13(18(20,21)22)7-11(8-14(16)19)9-23-25-17-24-15(10-27-17)12-5-3-2-4-6-12/h2-10H,1H3,(H,24,25). The van der Waals surface area contributed by atoms with Crippen LogP contribution in [-0.2, 0) is 6.18 Å². The van der Waals surface area contributed by atoms with Crippen molar-refractivity contribution in [1.82, 2.24) is 4.98 Å². The molecule has 1 heterocycles. The number of benzene rings is 2. The molecule has 2 aromatic carbocycles. The number of anilines is 1. The maximum Gasteiger partial charge on any atom is 0.420 e. The largest absolute Gasteiger partial charge is 0.495 e. The highest BCUT2D eigenvalue weighted by Crippen LogP contribution is 2.40. The SMILES string of the molecule is COc1c(Cl)cc(C=NNc2nc(-c3ccccc3)cs2)cc1C(F)(F)F. The summed E-state index contributed by atoms with van der Waals surface area (Å²) >= 11 is 7.22. The first-order chi connectivity index (χ1) is 12.9. The molecule has 1 N–H and O–H groups in total. The quantitative estimate of drug-likeness (QED) is 0.417. The molecule has 0 saturated carbocycles. The minimum absolute atomic E-state index is 0.144. The van der Waals surface area contributed by atoms with Gasteiger partial charge in [0.2, 0.25) is 5.13 Å². The van der Waals surface area contributed by atoms with Gasteiger partial charge in [-0.2, -0.15) is 18.3 Å². The van der Waals surface area contributed by atoms with Gasteiger partial charge in [0, 0.05) is 10.9 Å². The third kappa shape index (κ3) is 4.58. The van der Waals surface area contributed by atoms with Crippen LogP contribution in [-0.4, -0.2) is 18.3 Å². The zero-order valence-electron chi connectivity index (χ0n) is 13.9. The van der Waals surface area contributed by atoms with Crippen molar-refractivity contribution in [1.29, 1.82) is 0 Å². The molecule has 0 atom stereocenters. The summed E-state index contributed by atoms with van der Waals surface area (Å²) in [6, 6.07) is 11.9. The summed E-state index contributed by atoms with van der Waals surface area (Å²) in [5.74, 6) is -0.415. The lowest BCUT2D eigenvalue weighted by molar-refractivity contribution is -0.138. The fraction of sp³-hybridized carbons (Fsp3) is 0.111. The van der Waals surface area contributed by atoms with Crippen molar-refractivity contribution in [3.05, 3.63) is 64.0 Å². The molecule has 0 radical (unpaired) electrons. The fourth-order valence-corrected chi connectivity index (χ4v) is 3.31. The van der Waals surface area contributed by atoms with Crippen molar-refractivity contribution in [2.75, 3.05) is 12.5 Å². The maximum absolute atomic E-state index is 13.1. The summed E-state index contributed by atoms with van der Waals surface area (Å²) in [6.45, 7) is 0. The van der Waals surface area contributed by atoms with Crippen LogP contribution < -0.4 is 10.2 Å². The van der Waals surface area contributed by atoms with Gasteiger partial charge in [-0.15, -0.1) is 11.3 Å². The molecular formula is C18H13ClF3N3OS. The van der Waals surface area contributed by atoms with E-state index in [1.165, 1.54) is 23.6 Å². The molecule has 0 aliphatic rings. The van der Waals surface area contributed by atoms with Crippen LogP contribution in [0.25, 0.3) is 11.3 Å². The maximum atomic E-state index is 13.1. The van der Waals surface area contributed by atoms with Crippen LogP contribution in [0.15, 0.2) is 52.9 Å². The Hall–Kier alpha value is -2.58. The van der Waals surface area contributed by atoms with E-state index in [0.29, 0.717) is 5.13 Å². The average Bonchev–Trinajstić information content (AvgIpc) is 3.10. The van der Waals surface area contributed by atoms with Gasteiger partial charge >= 0.3 is 6.18 Å². The minimum atomic E-state index is -4.59. The van der Waals surface area contributed by atoms with Gasteiger partial charge < -0.3 is 4.74 Å². The molecule has 0 fully saturated rings. The molecule has 0 amide bonds. The number of methoxy groups -OCH3 is 1. The van der Waals surface area contributed by atoms with E-state index in [2.05, 4.69) is 15.5 Å². The van der Waals surface area contributed by atoms with Crippen molar-refractivity contribution in [2.45, 2.75) is 6.18 Å². The molecule has 0 unspecified atom stereocenters. The number of hydrazone groups is 1. The number of nitrogens with zero attached hydrogens (tertiary/aromatic N) is 2. The number of hydrogen-bond acceptors (Lipinski definition) is 5. The van der Waals surface area contributed by atoms with Gasteiger partial charge in [-0.05, 0) is 17.7 Å². The van der Waals surface area contributed by atoms with Gasteiger partial charge in [0.25, 0.3) is 0 Å². The zero-order chi connectivity index (χ0) is 19.4. The summed E-state index contributed by atoms with van der Waals surface area (Å²) in [5, 5.41) is 6.18. The van der Waals surface area contributed by atoms with E-state index in [1.54, 1.807) is 0 Å². The molecule has 3 rings (SSSR count). The van der Waals surface area contributed by atoms with Crippen molar-refractivity contribution in [2.24, 2.45) is 5.10 Å². The number of aromatic nitrogens is 1. The van der Waals surface area contributed by atoms with E-state index in [1.807, 2.05) is 35.7 Å². The number of halogens is 4. The average molecular weight is 412 g/mol. The molecule has 0 saturated heterocycles. The molecular weight excluding hydrogens is 399 g/mol. The Labute approximate surface area is 162 Å². The topological polar surface area (TPSA) is 46.5 Å². The van der Waals surface area contributed by atoms with E-state index in [4.69, 9.17) is 16.3 Å². The molecule has 140 valence electrons. The van der Waals surface area contributed by atoms with Gasteiger partial charge in [0.1, 0.15) is 5.75 Å². The molecule has 1 aromatic heterocycles. The monoisotopic (exact) mass is 411 g/mol. The highest BCUT2D eigenvalue weighted by atomic mass is 35.5. The molecule has 4 nitrogen and oxygen atoms in total. The number of ether oxygens (including phenoxy) is 1. The molecule has 0 spiro atoms. The van der Waals surface area contributed by atoms with E-state index in [9.17, 15) is 13.2 Å². The Balaban J connectivity index is 1.77. The van der Waals surface area contributed by atoms with Crippen molar-refractivity contribution < 1.29 is 17.9 Å². The van der Waals surface area contributed by atoms with Crippen LogP contribution in [0.4, 0.5) is 18.3 Å². The first kappa shape index (κ1) is 19.2. The number of alkyl halides is 3. The van der Waals surface area contributed by atoms with Crippen LogP contribution in [0.2, 0.25) is 5.02 Å². The molecule has 27 heavy (non-hydrogen) atoms. The highest BCUT2D eigenvalue weighted by molar-refractivity contribution is 7.14. The summed E-state index contributed by atoms with van der Waals surface area (Å²) < 4.78 is 44.2. The minimum Gasteiger partial charge on any atom is -0.495 e. The van der Waals surface area contributed by atoms with Crippen LogP contribution >= 0.6 is 22.9 Å². The Bertz CT molecular complexity index is 958. The number of rotatable bonds is 5. The molecule has 3 aromatic rings. The smallest absolute Gasteiger partial charge is 0.420 e. The molecule has 0 aliphatic carbocycles. The summed E-state index contributed by atoms with van der Waals surface area (Å²) in [4.78, 5) is 4.38. The Kier molecular flexibility index (Phi) is 5.67. The normalized spacial score (nSPS) is 11.7. The predicted molar refractivity (Wildman–Crippen MR) is 102 cm³/mol. The first-order valence-corrected chi connectivity index (χ1v) is 8.89. The van der Waals surface area contributed by atoms with Crippen molar-refractivity contribution in [3.8, 4) is 17.0 Å². The van der Waals surface area contributed by atoms with E-state index >= 15 is 0 Å². The van der Waals surface area contributed by atoms with E-state index < -0.39 is 17.5 Å².